The molecular weight excluding hydrogens is 750 g/mol. The van der Waals surface area contributed by atoms with Gasteiger partial charge in [0.25, 0.3) is 0 Å². The van der Waals surface area contributed by atoms with Crippen LogP contribution in [0.15, 0.2) is 0 Å². The van der Waals surface area contributed by atoms with Crippen LogP contribution in [0.1, 0.15) is 181 Å². The fourth-order valence-electron chi connectivity index (χ4n) is 7.94. The van der Waals surface area contributed by atoms with Gasteiger partial charge in [-0.05, 0) is 12.8 Å². The summed E-state index contributed by atoms with van der Waals surface area (Å²) in [5.41, 5.74) is 0. The zero-order chi connectivity index (χ0) is 42.5. The fourth-order valence-corrected chi connectivity index (χ4v) is 7.94. The monoisotopic (exact) mass is 836 g/mol. The number of aliphatic hydroxyl groups excluding tert-OH is 8. The molecule has 2 aliphatic heterocycles. The van der Waals surface area contributed by atoms with Crippen molar-refractivity contribution in [1.82, 2.24) is 5.32 Å². The molecule has 0 bridgehead atoms. The molecule has 344 valence electrons. The number of hydrogen-bond acceptors (Lipinski definition) is 13. The summed E-state index contributed by atoms with van der Waals surface area (Å²) in [6.07, 6.45) is 13.2. The van der Waals surface area contributed by atoms with Gasteiger partial charge in [0.05, 0.1) is 32.0 Å². The van der Waals surface area contributed by atoms with Crippen molar-refractivity contribution in [1.29, 1.82) is 0 Å². The molecule has 0 radical (unpaired) electrons. The van der Waals surface area contributed by atoms with Crippen molar-refractivity contribution in [3.63, 3.8) is 0 Å². The Hall–Kier alpha value is -1.01. The van der Waals surface area contributed by atoms with E-state index < -0.39 is 86.8 Å². The summed E-state index contributed by atoms with van der Waals surface area (Å²) < 4.78 is 22.6. The van der Waals surface area contributed by atoms with Crippen LogP contribution in [-0.4, -0.2) is 140 Å². The highest BCUT2D eigenvalue weighted by Crippen LogP contribution is 2.30. The van der Waals surface area contributed by atoms with Gasteiger partial charge >= 0.3 is 0 Å². The highest BCUT2D eigenvalue weighted by Gasteiger charge is 2.51. The minimum atomic E-state index is -1.78. The van der Waals surface area contributed by atoms with E-state index in [0.717, 1.165) is 57.8 Å². The molecule has 0 saturated carbocycles. The van der Waals surface area contributed by atoms with Crippen molar-refractivity contribution in [3.05, 3.63) is 0 Å². The summed E-state index contributed by atoms with van der Waals surface area (Å²) in [7, 11) is 0. The van der Waals surface area contributed by atoms with Crippen molar-refractivity contribution in [2.24, 2.45) is 0 Å². The van der Waals surface area contributed by atoms with Gasteiger partial charge in [0.15, 0.2) is 12.6 Å². The lowest BCUT2D eigenvalue weighted by atomic mass is 9.97. The maximum absolute atomic E-state index is 13.0. The van der Waals surface area contributed by atoms with E-state index in [4.69, 9.17) is 18.9 Å². The molecule has 0 spiro atoms. The molecule has 12 atom stereocenters. The molecule has 1 amide bonds. The van der Waals surface area contributed by atoms with Crippen LogP contribution in [0.3, 0.4) is 0 Å². The Morgan fingerprint density at radius 1 is 0.552 bits per heavy atom. The number of nitrogens with one attached hydrogen (secondary N) is 1. The fraction of sp³-hybridized carbons (Fsp3) is 0.977. The number of carbonyl (C=O) groups excluding carboxylic acids is 1. The summed E-state index contributed by atoms with van der Waals surface area (Å²) in [6.45, 7) is 2.75. The van der Waals surface area contributed by atoms with Crippen molar-refractivity contribution in [3.8, 4) is 0 Å². The maximum Gasteiger partial charge on any atom is 0.220 e. The minimum absolute atomic E-state index is 0.211. The molecule has 14 nitrogen and oxygen atoms in total. The molecule has 0 aromatic heterocycles. The number of hydrogen-bond donors (Lipinski definition) is 9. The van der Waals surface area contributed by atoms with Crippen molar-refractivity contribution in [2.75, 3.05) is 19.8 Å². The number of carbonyl (C=O) groups is 1. The summed E-state index contributed by atoms with van der Waals surface area (Å²) in [6, 6.07) is -0.817. The quantitative estimate of drug-likeness (QED) is 0.0397. The lowest BCUT2D eigenvalue weighted by Gasteiger charge is -2.46. The van der Waals surface area contributed by atoms with Gasteiger partial charge in [0.2, 0.25) is 5.91 Å². The van der Waals surface area contributed by atoms with Gasteiger partial charge in [-0.2, -0.15) is 0 Å². The Balaban J connectivity index is 1.74. The number of aliphatic hydroxyl groups is 8. The third kappa shape index (κ3) is 20.7. The van der Waals surface area contributed by atoms with Crippen LogP contribution >= 0.6 is 0 Å². The Bertz CT molecular complexity index is 993. The summed E-state index contributed by atoms with van der Waals surface area (Å²) >= 11 is 0. The first-order valence-corrected chi connectivity index (χ1v) is 23.3. The molecule has 14 heteroatoms. The first-order chi connectivity index (χ1) is 28.1. The van der Waals surface area contributed by atoms with Gasteiger partial charge in [-0.1, -0.05) is 162 Å². The van der Waals surface area contributed by atoms with E-state index in [1.54, 1.807) is 0 Å². The van der Waals surface area contributed by atoms with Crippen molar-refractivity contribution >= 4 is 5.91 Å². The van der Waals surface area contributed by atoms with Crippen LogP contribution in [0.5, 0.6) is 0 Å². The van der Waals surface area contributed by atoms with E-state index in [-0.39, 0.29) is 12.5 Å². The largest absolute Gasteiger partial charge is 0.394 e. The van der Waals surface area contributed by atoms with Crippen LogP contribution in [0.2, 0.25) is 0 Å². The summed E-state index contributed by atoms with van der Waals surface area (Å²) in [5.74, 6) is -0.211. The Morgan fingerprint density at radius 3 is 1.47 bits per heavy atom. The van der Waals surface area contributed by atoms with E-state index in [1.165, 1.54) is 96.3 Å². The third-order valence-electron chi connectivity index (χ3n) is 11.8. The minimum Gasteiger partial charge on any atom is -0.394 e. The smallest absolute Gasteiger partial charge is 0.220 e. The zero-order valence-corrected chi connectivity index (χ0v) is 36.1. The molecule has 58 heavy (non-hydrogen) atoms. The average Bonchev–Trinajstić information content (AvgIpc) is 3.22. The number of unbranched alkanes of at least 4 members (excludes halogenated alkanes) is 22. The normalized spacial score (nSPS) is 28.7. The third-order valence-corrected chi connectivity index (χ3v) is 11.8. The highest BCUT2D eigenvalue weighted by molar-refractivity contribution is 5.76. The van der Waals surface area contributed by atoms with Crippen LogP contribution < -0.4 is 5.32 Å². The van der Waals surface area contributed by atoms with E-state index >= 15 is 0 Å². The Labute approximate surface area is 349 Å². The van der Waals surface area contributed by atoms with Crippen LogP contribution in [0.4, 0.5) is 0 Å². The zero-order valence-electron chi connectivity index (χ0n) is 36.1. The van der Waals surface area contributed by atoms with E-state index in [1.807, 2.05) is 0 Å². The molecule has 2 saturated heterocycles. The van der Waals surface area contributed by atoms with Crippen molar-refractivity contribution in [2.45, 2.75) is 254 Å². The molecule has 2 rings (SSSR count). The lowest BCUT2D eigenvalue weighted by Crippen LogP contribution is -2.65. The van der Waals surface area contributed by atoms with Gasteiger partial charge in [-0.3, -0.25) is 4.79 Å². The van der Waals surface area contributed by atoms with Crippen LogP contribution in [0, 0.1) is 0 Å². The van der Waals surface area contributed by atoms with Crippen LogP contribution in [-0.2, 0) is 23.7 Å². The molecule has 2 aliphatic rings. The molecular formula is C44H85NO13. The first-order valence-electron chi connectivity index (χ1n) is 23.3. The Morgan fingerprint density at radius 2 is 0.983 bits per heavy atom. The Kier molecular flexibility index (Phi) is 29.9. The SMILES string of the molecule is CCCCCCCCCCCCCCCCCCCCCC(=O)NC(COC1OC(CO)C(OC2OC(CO)C(O)C(O)C2O)C(O)C1O)C(O)CCCCCCC. The van der Waals surface area contributed by atoms with Gasteiger partial charge in [0.1, 0.15) is 48.8 Å². The van der Waals surface area contributed by atoms with Gasteiger partial charge in [0, 0.05) is 6.42 Å². The molecule has 2 fully saturated rings. The van der Waals surface area contributed by atoms with E-state index in [2.05, 4.69) is 19.2 Å². The molecule has 0 aromatic rings. The lowest BCUT2D eigenvalue weighted by molar-refractivity contribution is -0.359. The molecule has 2 heterocycles. The molecule has 9 N–H and O–H groups in total. The standard InChI is InChI=1S/C44H85NO13/c1-3-5-7-9-10-11-12-13-14-15-16-17-18-19-20-21-22-24-26-28-36(49)45-32(33(48)27-25-23-8-6-4-2)31-55-43-41(54)39(52)42(35(30-47)57-43)58-44-40(53)38(51)37(50)34(29-46)56-44/h32-35,37-44,46-48,50-54H,3-31H2,1-2H3,(H,45,49). The van der Waals surface area contributed by atoms with Gasteiger partial charge in [-0.25, -0.2) is 0 Å². The molecule has 0 aliphatic carbocycles. The molecule has 12 unspecified atom stereocenters. The second kappa shape index (κ2) is 32.7. The van der Waals surface area contributed by atoms with Crippen LogP contribution in [0.25, 0.3) is 0 Å². The topological polar surface area (TPSA) is 228 Å². The molecule has 0 aromatic carbocycles. The average molecular weight is 836 g/mol. The van der Waals surface area contributed by atoms with E-state index in [9.17, 15) is 45.6 Å². The van der Waals surface area contributed by atoms with Crippen molar-refractivity contribution < 1.29 is 64.6 Å². The second-order valence-electron chi connectivity index (χ2n) is 16.9. The summed E-state index contributed by atoms with van der Waals surface area (Å²) in [5, 5.41) is 86.2. The number of rotatable bonds is 35. The predicted molar refractivity (Wildman–Crippen MR) is 222 cm³/mol. The highest BCUT2D eigenvalue weighted by atomic mass is 16.7. The first kappa shape index (κ1) is 53.1. The second-order valence-corrected chi connectivity index (χ2v) is 16.9. The number of ether oxygens (including phenoxy) is 4. The van der Waals surface area contributed by atoms with E-state index in [0.29, 0.717) is 12.8 Å². The predicted octanol–water partition coefficient (Wildman–Crippen LogP) is 4.66. The maximum atomic E-state index is 13.0. The van der Waals surface area contributed by atoms with Gasteiger partial charge < -0.3 is 65.1 Å². The van der Waals surface area contributed by atoms with Gasteiger partial charge in [-0.15, -0.1) is 0 Å². The summed E-state index contributed by atoms with van der Waals surface area (Å²) in [4.78, 5) is 13.0. The number of amides is 1.